The Morgan fingerprint density at radius 3 is 3.20 bits per heavy atom. The molecule has 2 rings (SSSR count). The highest BCUT2D eigenvalue weighted by Gasteiger charge is 2.13. The molecule has 1 saturated heterocycles. The van der Waals surface area contributed by atoms with Crippen molar-refractivity contribution in [3.8, 4) is 5.88 Å². The van der Waals surface area contributed by atoms with E-state index >= 15 is 0 Å². The molecule has 0 spiro atoms. The monoisotopic (exact) mass is 227 g/mol. The molecule has 5 heteroatoms. The molecule has 1 aromatic heterocycles. The molecule has 0 aliphatic carbocycles. The highest BCUT2D eigenvalue weighted by Crippen LogP contribution is 2.14. The first-order valence-electron chi connectivity index (χ1n) is 5.15. The maximum absolute atomic E-state index is 5.72. The molecule has 0 saturated carbocycles. The lowest BCUT2D eigenvalue weighted by atomic mass is 10.0. The molecule has 2 heterocycles. The van der Waals surface area contributed by atoms with Crippen LogP contribution in [0.5, 0.6) is 5.88 Å². The average Bonchev–Trinajstić information content (AvgIpc) is 2.28. The summed E-state index contributed by atoms with van der Waals surface area (Å²) >= 11 is 5.72. The number of aromatic nitrogens is 2. The number of piperidine rings is 1. The first-order chi connectivity index (χ1) is 7.34. The van der Waals surface area contributed by atoms with Gasteiger partial charge in [-0.2, -0.15) is 0 Å². The van der Waals surface area contributed by atoms with Gasteiger partial charge in [-0.25, -0.2) is 9.97 Å². The van der Waals surface area contributed by atoms with Crippen molar-refractivity contribution in [2.75, 3.05) is 19.7 Å². The zero-order valence-electron chi connectivity index (χ0n) is 8.45. The van der Waals surface area contributed by atoms with Crippen LogP contribution >= 0.6 is 11.6 Å². The van der Waals surface area contributed by atoms with Gasteiger partial charge in [0.05, 0.1) is 6.61 Å². The molecule has 82 valence electrons. The molecule has 15 heavy (non-hydrogen) atoms. The smallest absolute Gasteiger partial charge is 0.217 e. The van der Waals surface area contributed by atoms with E-state index in [0.717, 1.165) is 13.1 Å². The first kappa shape index (κ1) is 10.6. The van der Waals surface area contributed by atoms with Crippen LogP contribution in [0.1, 0.15) is 12.8 Å². The molecule has 1 aromatic rings. The molecule has 4 nitrogen and oxygen atoms in total. The third kappa shape index (κ3) is 3.32. The zero-order chi connectivity index (χ0) is 10.5. The molecular weight excluding hydrogens is 214 g/mol. The quantitative estimate of drug-likeness (QED) is 0.796. The van der Waals surface area contributed by atoms with Crippen LogP contribution in [0.25, 0.3) is 0 Å². The van der Waals surface area contributed by atoms with Gasteiger partial charge in [-0.15, -0.1) is 0 Å². The van der Waals surface area contributed by atoms with Crippen LogP contribution in [-0.2, 0) is 0 Å². The lowest BCUT2D eigenvalue weighted by Gasteiger charge is -2.22. The predicted octanol–water partition coefficient (Wildman–Crippen LogP) is 1.51. The van der Waals surface area contributed by atoms with Gasteiger partial charge in [0.1, 0.15) is 11.5 Å². The molecule has 1 aliphatic rings. The van der Waals surface area contributed by atoms with Crippen molar-refractivity contribution in [2.24, 2.45) is 5.92 Å². The minimum atomic E-state index is 0.418. The highest BCUT2D eigenvalue weighted by molar-refractivity contribution is 6.29. The Hall–Kier alpha value is -0.870. The maximum Gasteiger partial charge on any atom is 0.217 e. The fourth-order valence-corrected chi connectivity index (χ4v) is 1.80. The number of nitrogens with one attached hydrogen (secondary N) is 1. The van der Waals surface area contributed by atoms with Crippen molar-refractivity contribution in [3.63, 3.8) is 0 Å². The Bertz CT molecular complexity index is 315. The summed E-state index contributed by atoms with van der Waals surface area (Å²) < 4.78 is 5.55. The lowest BCUT2D eigenvalue weighted by molar-refractivity contribution is 0.212. The van der Waals surface area contributed by atoms with E-state index in [2.05, 4.69) is 15.3 Å². The second-order valence-electron chi connectivity index (χ2n) is 3.70. The fourth-order valence-electron chi connectivity index (χ4n) is 1.67. The molecule has 0 aromatic carbocycles. The van der Waals surface area contributed by atoms with Crippen LogP contribution in [0.2, 0.25) is 5.15 Å². The first-order valence-corrected chi connectivity index (χ1v) is 5.53. The summed E-state index contributed by atoms with van der Waals surface area (Å²) in [6.07, 6.45) is 3.85. The van der Waals surface area contributed by atoms with Gasteiger partial charge in [-0.05, 0) is 19.4 Å². The highest BCUT2D eigenvalue weighted by atomic mass is 35.5. The van der Waals surface area contributed by atoms with Crippen molar-refractivity contribution < 1.29 is 4.74 Å². The minimum absolute atomic E-state index is 0.418. The van der Waals surface area contributed by atoms with Crippen LogP contribution in [0, 0.1) is 5.92 Å². The van der Waals surface area contributed by atoms with Crippen LogP contribution in [0.4, 0.5) is 0 Å². The third-order valence-corrected chi connectivity index (χ3v) is 2.68. The minimum Gasteiger partial charge on any atom is -0.477 e. The number of hydrogen-bond donors (Lipinski definition) is 1. The van der Waals surface area contributed by atoms with E-state index in [1.807, 2.05) is 0 Å². The molecule has 1 N–H and O–H groups in total. The van der Waals surface area contributed by atoms with E-state index in [1.165, 1.54) is 19.2 Å². The standard InChI is InChI=1S/C10H14ClN3O/c11-9-4-10(14-7-13-9)15-6-8-2-1-3-12-5-8/h4,7-8,12H,1-3,5-6H2. The second-order valence-corrected chi connectivity index (χ2v) is 4.09. The van der Waals surface area contributed by atoms with E-state index in [4.69, 9.17) is 16.3 Å². The lowest BCUT2D eigenvalue weighted by Crippen LogP contribution is -2.33. The van der Waals surface area contributed by atoms with Gasteiger partial charge >= 0.3 is 0 Å². The number of halogens is 1. The molecule has 1 aliphatic heterocycles. The van der Waals surface area contributed by atoms with E-state index in [-0.39, 0.29) is 0 Å². The molecule has 1 unspecified atom stereocenters. The van der Waals surface area contributed by atoms with Gasteiger partial charge in [0, 0.05) is 18.5 Å². The van der Waals surface area contributed by atoms with E-state index in [9.17, 15) is 0 Å². The largest absolute Gasteiger partial charge is 0.477 e. The van der Waals surface area contributed by atoms with Crippen LogP contribution in [0.15, 0.2) is 12.4 Å². The van der Waals surface area contributed by atoms with Crippen molar-refractivity contribution >= 4 is 11.6 Å². The zero-order valence-corrected chi connectivity index (χ0v) is 9.20. The summed E-state index contributed by atoms with van der Waals surface area (Å²) in [5.41, 5.74) is 0. The van der Waals surface area contributed by atoms with Gasteiger partial charge in [-0.1, -0.05) is 11.6 Å². The Morgan fingerprint density at radius 1 is 1.53 bits per heavy atom. The summed E-state index contributed by atoms with van der Waals surface area (Å²) in [6, 6.07) is 1.64. The van der Waals surface area contributed by atoms with Crippen molar-refractivity contribution in [1.29, 1.82) is 0 Å². The van der Waals surface area contributed by atoms with Crippen LogP contribution in [-0.4, -0.2) is 29.7 Å². The number of rotatable bonds is 3. The van der Waals surface area contributed by atoms with Gasteiger partial charge in [0.15, 0.2) is 0 Å². The predicted molar refractivity (Wildman–Crippen MR) is 58.1 cm³/mol. The summed E-state index contributed by atoms with van der Waals surface area (Å²) in [6.45, 7) is 2.84. The average molecular weight is 228 g/mol. The number of hydrogen-bond acceptors (Lipinski definition) is 4. The van der Waals surface area contributed by atoms with Gasteiger partial charge in [0.2, 0.25) is 5.88 Å². The summed E-state index contributed by atoms with van der Waals surface area (Å²) in [5, 5.41) is 3.76. The van der Waals surface area contributed by atoms with E-state index in [1.54, 1.807) is 6.07 Å². The molecule has 1 fully saturated rings. The normalized spacial score (nSPS) is 21.3. The van der Waals surface area contributed by atoms with Crippen molar-refractivity contribution in [3.05, 3.63) is 17.5 Å². The molecule has 0 bridgehead atoms. The van der Waals surface area contributed by atoms with Crippen LogP contribution in [0.3, 0.4) is 0 Å². The fraction of sp³-hybridized carbons (Fsp3) is 0.600. The van der Waals surface area contributed by atoms with Gasteiger partial charge < -0.3 is 10.1 Å². The number of nitrogens with zero attached hydrogens (tertiary/aromatic N) is 2. The third-order valence-electron chi connectivity index (χ3n) is 2.47. The second kappa shape index (κ2) is 5.28. The van der Waals surface area contributed by atoms with E-state index < -0.39 is 0 Å². The topological polar surface area (TPSA) is 47.0 Å². The molecular formula is C10H14ClN3O. The molecule has 1 atom stereocenters. The molecule has 0 amide bonds. The number of ether oxygens (including phenoxy) is 1. The van der Waals surface area contributed by atoms with Gasteiger partial charge in [-0.3, -0.25) is 0 Å². The Morgan fingerprint density at radius 2 is 2.47 bits per heavy atom. The summed E-state index contributed by atoms with van der Waals surface area (Å²) in [7, 11) is 0. The summed E-state index contributed by atoms with van der Waals surface area (Å²) in [5.74, 6) is 1.13. The van der Waals surface area contributed by atoms with Crippen molar-refractivity contribution in [1.82, 2.24) is 15.3 Å². The van der Waals surface area contributed by atoms with Crippen molar-refractivity contribution in [2.45, 2.75) is 12.8 Å². The summed E-state index contributed by atoms with van der Waals surface area (Å²) in [4.78, 5) is 7.78. The Labute approximate surface area is 94.0 Å². The van der Waals surface area contributed by atoms with Crippen LogP contribution < -0.4 is 10.1 Å². The Balaban J connectivity index is 1.81. The SMILES string of the molecule is Clc1cc(OCC2CCCNC2)ncn1. The van der Waals surface area contributed by atoms with E-state index in [0.29, 0.717) is 23.6 Å². The Kier molecular flexibility index (Phi) is 3.75. The van der Waals surface area contributed by atoms with Gasteiger partial charge in [0.25, 0.3) is 0 Å². The maximum atomic E-state index is 5.72. The molecule has 0 radical (unpaired) electrons.